The molecule has 0 radical (unpaired) electrons. The third-order valence-corrected chi connectivity index (χ3v) is 2.53. The second-order valence-corrected chi connectivity index (χ2v) is 3.60. The number of nitrogens with two attached hydrogens (primary N) is 1. The van der Waals surface area contributed by atoms with Crippen molar-refractivity contribution >= 4 is 16.9 Å². The number of rotatable bonds is 1. The molecule has 3 N–H and O–H groups in total. The molecule has 2 aromatic heterocycles. The van der Waals surface area contributed by atoms with Crippen LogP contribution in [0.1, 0.15) is 0 Å². The molecule has 0 aliphatic heterocycles. The number of nitrogens with zero attached hydrogens (tertiary/aromatic N) is 2. The number of nitrogen functional groups attached to an aromatic ring is 1. The molecule has 0 fully saturated rings. The van der Waals surface area contributed by atoms with Crippen LogP contribution in [0.3, 0.4) is 0 Å². The molecule has 0 amide bonds. The number of nitrogens with one attached hydrogen (secondary N) is 1. The molecular weight excluding hydrogens is 200 g/mol. The van der Waals surface area contributed by atoms with Gasteiger partial charge in [0, 0.05) is 11.8 Å². The van der Waals surface area contributed by atoms with E-state index in [-0.39, 0.29) is 0 Å². The highest BCUT2D eigenvalue weighted by Gasteiger charge is 2.05. The Kier molecular flexibility index (Phi) is 1.86. The molecule has 0 bridgehead atoms. The van der Waals surface area contributed by atoms with Crippen LogP contribution >= 0.6 is 0 Å². The summed E-state index contributed by atoms with van der Waals surface area (Å²) >= 11 is 0. The number of aromatic amines is 1. The summed E-state index contributed by atoms with van der Waals surface area (Å²) in [6, 6.07) is 12.1. The zero-order valence-corrected chi connectivity index (χ0v) is 8.51. The molecule has 3 aromatic rings. The van der Waals surface area contributed by atoms with Crippen molar-refractivity contribution in [2.75, 3.05) is 5.73 Å². The Morgan fingerprint density at radius 2 is 1.88 bits per heavy atom. The summed E-state index contributed by atoms with van der Waals surface area (Å²) in [6.07, 6.45) is 1.81. The quantitative estimate of drug-likeness (QED) is 0.647. The number of pyridine rings is 1. The van der Waals surface area contributed by atoms with Gasteiger partial charge >= 0.3 is 0 Å². The van der Waals surface area contributed by atoms with Crippen LogP contribution in [0.15, 0.2) is 42.6 Å². The summed E-state index contributed by atoms with van der Waals surface area (Å²) in [5.74, 6) is 0.439. The van der Waals surface area contributed by atoms with Gasteiger partial charge in [0.25, 0.3) is 0 Å². The van der Waals surface area contributed by atoms with Crippen LogP contribution in [-0.2, 0) is 0 Å². The monoisotopic (exact) mass is 210 g/mol. The molecule has 3 rings (SSSR count). The summed E-state index contributed by atoms with van der Waals surface area (Å²) in [5.41, 5.74) is 9.42. The fourth-order valence-electron chi connectivity index (χ4n) is 1.72. The van der Waals surface area contributed by atoms with Crippen LogP contribution in [0.4, 0.5) is 5.82 Å². The van der Waals surface area contributed by atoms with E-state index in [1.54, 1.807) is 0 Å². The number of hydrogen-bond acceptors (Lipinski definition) is 3. The van der Waals surface area contributed by atoms with E-state index in [1.165, 1.54) is 0 Å². The first-order valence-corrected chi connectivity index (χ1v) is 4.99. The van der Waals surface area contributed by atoms with Gasteiger partial charge in [0.2, 0.25) is 0 Å². The van der Waals surface area contributed by atoms with E-state index in [1.807, 2.05) is 42.6 Å². The maximum Gasteiger partial charge on any atom is 0.171 e. The molecule has 0 saturated heterocycles. The Morgan fingerprint density at radius 3 is 2.69 bits per heavy atom. The molecule has 0 aliphatic carbocycles. The van der Waals surface area contributed by atoms with E-state index in [2.05, 4.69) is 15.2 Å². The molecule has 0 atom stereocenters. The van der Waals surface area contributed by atoms with E-state index in [9.17, 15) is 0 Å². The van der Waals surface area contributed by atoms with Crippen molar-refractivity contribution in [2.24, 2.45) is 0 Å². The Labute approximate surface area is 92.1 Å². The average Bonchev–Trinajstić information content (AvgIpc) is 2.72. The average molecular weight is 210 g/mol. The summed E-state index contributed by atoms with van der Waals surface area (Å²) < 4.78 is 0. The first-order chi connectivity index (χ1) is 7.84. The summed E-state index contributed by atoms with van der Waals surface area (Å²) in [5, 5.41) is 6.78. The second-order valence-electron chi connectivity index (χ2n) is 3.60. The van der Waals surface area contributed by atoms with E-state index >= 15 is 0 Å². The van der Waals surface area contributed by atoms with Crippen LogP contribution in [0.2, 0.25) is 0 Å². The number of hydrogen-bond donors (Lipinski definition) is 2. The molecule has 0 unspecified atom stereocenters. The topological polar surface area (TPSA) is 67.6 Å². The summed E-state index contributed by atoms with van der Waals surface area (Å²) in [6.45, 7) is 0. The lowest BCUT2D eigenvalue weighted by Crippen LogP contribution is -1.86. The number of H-pyrrole nitrogens is 1. The zero-order chi connectivity index (χ0) is 11.0. The first-order valence-electron chi connectivity index (χ1n) is 4.99. The van der Waals surface area contributed by atoms with E-state index in [0.29, 0.717) is 5.82 Å². The van der Waals surface area contributed by atoms with Crippen molar-refractivity contribution < 1.29 is 0 Å². The fraction of sp³-hybridized carbons (Fsp3) is 0. The zero-order valence-electron chi connectivity index (χ0n) is 8.51. The molecule has 16 heavy (non-hydrogen) atoms. The molecule has 1 aromatic carbocycles. The van der Waals surface area contributed by atoms with Crippen molar-refractivity contribution in [3.05, 3.63) is 42.6 Å². The lowest BCUT2D eigenvalue weighted by molar-refractivity contribution is 1.13. The SMILES string of the molecule is Nc1n[nH]c2cc(-c3ccccc3)cnc12. The van der Waals surface area contributed by atoms with Gasteiger partial charge in [0.1, 0.15) is 5.52 Å². The van der Waals surface area contributed by atoms with Crippen LogP contribution in [-0.4, -0.2) is 15.2 Å². The van der Waals surface area contributed by atoms with Crippen molar-refractivity contribution in [1.82, 2.24) is 15.2 Å². The second kappa shape index (κ2) is 3.34. The van der Waals surface area contributed by atoms with Gasteiger partial charge in [-0.3, -0.25) is 10.1 Å². The van der Waals surface area contributed by atoms with Gasteiger partial charge < -0.3 is 5.73 Å². The number of anilines is 1. The Morgan fingerprint density at radius 1 is 1.06 bits per heavy atom. The van der Waals surface area contributed by atoms with Gasteiger partial charge in [0.05, 0.1) is 5.52 Å². The van der Waals surface area contributed by atoms with Gasteiger partial charge in [-0.2, -0.15) is 5.10 Å². The molecule has 0 aliphatic rings. The van der Waals surface area contributed by atoms with Crippen LogP contribution in [0.25, 0.3) is 22.2 Å². The largest absolute Gasteiger partial charge is 0.380 e. The number of fused-ring (bicyclic) bond motifs is 1. The van der Waals surface area contributed by atoms with Gasteiger partial charge in [0.15, 0.2) is 5.82 Å². The molecule has 0 spiro atoms. The highest BCUT2D eigenvalue weighted by molar-refractivity contribution is 5.87. The smallest absolute Gasteiger partial charge is 0.171 e. The Balaban J connectivity index is 2.19. The lowest BCUT2D eigenvalue weighted by Gasteiger charge is -2.00. The minimum atomic E-state index is 0.439. The van der Waals surface area contributed by atoms with Crippen molar-refractivity contribution in [3.8, 4) is 11.1 Å². The maximum atomic E-state index is 5.66. The number of aromatic nitrogens is 3. The minimum absolute atomic E-state index is 0.439. The lowest BCUT2D eigenvalue weighted by atomic mass is 10.1. The molecule has 2 heterocycles. The van der Waals surface area contributed by atoms with Crippen LogP contribution in [0.5, 0.6) is 0 Å². The molecule has 4 heteroatoms. The minimum Gasteiger partial charge on any atom is -0.380 e. The first kappa shape index (κ1) is 8.91. The molecule has 78 valence electrons. The third kappa shape index (κ3) is 1.32. The fourth-order valence-corrected chi connectivity index (χ4v) is 1.72. The summed E-state index contributed by atoms with van der Waals surface area (Å²) in [7, 11) is 0. The maximum absolute atomic E-state index is 5.66. The van der Waals surface area contributed by atoms with E-state index < -0.39 is 0 Å². The van der Waals surface area contributed by atoms with E-state index in [4.69, 9.17) is 5.73 Å². The highest BCUT2D eigenvalue weighted by Crippen LogP contribution is 2.23. The van der Waals surface area contributed by atoms with Crippen molar-refractivity contribution in [2.45, 2.75) is 0 Å². The van der Waals surface area contributed by atoms with Crippen LogP contribution < -0.4 is 5.73 Å². The normalized spacial score (nSPS) is 10.8. The predicted molar refractivity (Wildman–Crippen MR) is 63.7 cm³/mol. The predicted octanol–water partition coefficient (Wildman–Crippen LogP) is 2.21. The third-order valence-electron chi connectivity index (χ3n) is 2.53. The van der Waals surface area contributed by atoms with Gasteiger partial charge in [-0.1, -0.05) is 30.3 Å². The van der Waals surface area contributed by atoms with Gasteiger partial charge in [-0.05, 0) is 11.6 Å². The molecular formula is C12H10N4. The van der Waals surface area contributed by atoms with E-state index in [0.717, 1.165) is 22.2 Å². The summed E-state index contributed by atoms with van der Waals surface area (Å²) in [4.78, 5) is 4.30. The Hall–Kier alpha value is -2.36. The van der Waals surface area contributed by atoms with Gasteiger partial charge in [-0.25, -0.2) is 0 Å². The molecule has 4 nitrogen and oxygen atoms in total. The van der Waals surface area contributed by atoms with Gasteiger partial charge in [-0.15, -0.1) is 0 Å². The van der Waals surface area contributed by atoms with Crippen LogP contribution in [0, 0.1) is 0 Å². The Bertz CT molecular complexity index is 628. The molecule has 0 saturated carbocycles. The highest BCUT2D eigenvalue weighted by atomic mass is 15.2. The van der Waals surface area contributed by atoms with Crippen molar-refractivity contribution in [3.63, 3.8) is 0 Å². The number of benzene rings is 1. The standard InChI is InChI=1S/C12H10N4/c13-12-11-10(15-16-12)6-9(7-14-11)8-4-2-1-3-5-8/h1-7H,(H3,13,15,16). The van der Waals surface area contributed by atoms with Crippen molar-refractivity contribution in [1.29, 1.82) is 0 Å².